The van der Waals surface area contributed by atoms with Crippen molar-refractivity contribution in [3.8, 4) is 11.5 Å². The van der Waals surface area contributed by atoms with Crippen molar-refractivity contribution in [1.29, 1.82) is 0 Å². The van der Waals surface area contributed by atoms with Crippen molar-refractivity contribution in [2.75, 3.05) is 5.75 Å². The highest BCUT2D eigenvalue weighted by molar-refractivity contribution is 7.99. The van der Waals surface area contributed by atoms with E-state index in [1.165, 1.54) is 16.0 Å². The fraction of sp³-hybridized carbons (Fsp3) is 0.308. The maximum absolute atomic E-state index is 5.96. The first-order valence-corrected chi connectivity index (χ1v) is 11.1. The average Bonchev–Trinajstić information content (AvgIpc) is 2.70. The second kappa shape index (κ2) is 9.84. The van der Waals surface area contributed by atoms with Gasteiger partial charge < -0.3 is 4.74 Å². The minimum atomic E-state index is 0.188. The summed E-state index contributed by atoms with van der Waals surface area (Å²) in [5.41, 5.74) is 2.95. The first-order chi connectivity index (χ1) is 13.6. The lowest BCUT2D eigenvalue weighted by Gasteiger charge is -2.25. The van der Waals surface area contributed by atoms with E-state index >= 15 is 0 Å². The van der Waals surface area contributed by atoms with Gasteiger partial charge in [0.25, 0.3) is 0 Å². The Labute approximate surface area is 174 Å². The summed E-state index contributed by atoms with van der Waals surface area (Å²) in [6.45, 7) is 6.90. The molecule has 3 rings (SSSR count). The first kappa shape index (κ1) is 20.5. The summed E-state index contributed by atoms with van der Waals surface area (Å²) < 4.78 is 5.96. The molecule has 0 amide bonds. The molecule has 2 heteroatoms. The standard InChI is InChI=1S/C26H30OS/c1-4-28-25-17-15-22(16-18-25)26(2,3)19-9-11-21-10-8-14-24(20-21)27-23-12-6-5-7-13-23/h5-8,10,12-18,20H,4,9,11,19H2,1-3H3. The van der Waals surface area contributed by atoms with E-state index in [0.29, 0.717) is 0 Å². The zero-order chi connectivity index (χ0) is 19.8. The lowest BCUT2D eigenvalue weighted by atomic mass is 9.80. The number of rotatable bonds is 9. The molecule has 0 aromatic heterocycles. The summed E-state index contributed by atoms with van der Waals surface area (Å²) in [7, 11) is 0. The highest BCUT2D eigenvalue weighted by atomic mass is 32.2. The third-order valence-corrected chi connectivity index (χ3v) is 5.99. The van der Waals surface area contributed by atoms with Crippen molar-refractivity contribution < 1.29 is 4.74 Å². The van der Waals surface area contributed by atoms with Gasteiger partial charge in [-0.25, -0.2) is 0 Å². The van der Waals surface area contributed by atoms with Gasteiger partial charge in [0.05, 0.1) is 0 Å². The monoisotopic (exact) mass is 390 g/mol. The first-order valence-electron chi connectivity index (χ1n) is 10.1. The number of hydrogen-bond acceptors (Lipinski definition) is 2. The Morgan fingerprint density at radius 2 is 1.54 bits per heavy atom. The van der Waals surface area contributed by atoms with Crippen LogP contribution in [0.15, 0.2) is 83.8 Å². The summed E-state index contributed by atoms with van der Waals surface area (Å²) in [4.78, 5) is 1.36. The molecule has 0 spiro atoms. The van der Waals surface area contributed by atoms with Gasteiger partial charge in [0.1, 0.15) is 11.5 Å². The van der Waals surface area contributed by atoms with Crippen LogP contribution in [0.2, 0.25) is 0 Å². The van der Waals surface area contributed by atoms with Crippen LogP contribution in [0.4, 0.5) is 0 Å². The van der Waals surface area contributed by atoms with Crippen LogP contribution in [0, 0.1) is 0 Å². The fourth-order valence-electron chi connectivity index (χ4n) is 3.44. The summed E-state index contributed by atoms with van der Waals surface area (Å²) >= 11 is 1.90. The van der Waals surface area contributed by atoms with Crippen LogP contribution < -0.4 is 4.74 Å². The van der Waals surface area contributed by atoms with Gasteiger partial charge >= 0.3 is 0 Å². The van der Waals surface area contributed by atoms with Gasteiger partial charge in [0.15, 0.2) is 0 Å². The Morgan fingerprint density at radius 3 is 2.25 bits per heavy atom. The quantitative estimate of drug-likeness (QED) is 0.343. The van der Waals surface area contributed by atoms with E-state index in [1.54, 1.807) is 0 Å². The molecule has 0 saturated carbocycles. The molecule has 0 heterocycles. The minimum Gasteiger partial charge on any atom is -0.457 e. The molecule has 28 heavy (non-hydrogen) atoms. The number of aryl methyl sites for hydroxylation is 1. The van der Waals surface area contributed by atoms with Crippen molar-refractivity contribution in [2.45, 2.75) is 50.3 Å². The van der Waals surface area contributed by atoms with Gasteiger partial charge in [-0.05, 0) is 78.0 Å². The zero-order valence-electron chi connectivity index (χ0n) is 17.2. The molecule has 0 fully saturated rings. The van der Waals surface area contributed by atoms with Crippen molar-refractivity contribution in [2.24, 2.45) is 0 Å². The Kier molecular flexibility index (Phi) is 7.22. The molecule has 146 valence electrons. The third-order valence-electron chi connectivity index (χ3n) is 5.09. The molecule has 0 aliphatic rings. The lowest BCUT2D eigenvalue weighted by Crippen LogP contribution is -2.17. The number of hydrogen-bond donors (Lipinski definition) is 0. The van der Waals surface area contributed by atoms with Crippen LogP contribution in [0.5, 0.6) is 11.5 Å². The van der Waals surface area contributed by atoms with E-state index in [2.05, 4.69) is 63.2 Å². The summed E-state index contributed by atoms with van der Waals surface area (Å²) in [6, 6.07) is 27.5. The number of thioether (sulfide) groups is 1. The molecule has 0 unspecified atom stereocenters. The van der Waals surface area contributed by atoms with E-state index in [1.807, 2.05) is 48.2 Å². The fourth-order valence-corrected chi connectivity index (χ4v) is 4.10. The lowest BCUT2D eigenvalue weighted by molar-refractivity contribution is 0.459. The molecule has 0 radical (unpaired) electrons. The maximum atomic E-state index is 5.96. The highest BCUT2D eigenvalue weighted by Crippen LogP contribution is 2.31. The molecule has 0 aliphatic heterocycles. The van der Waals surface area contributed by atoms with Crippen molar-refractivity contribution in [1.82, 2.24) is 0 Å². The highest BCUT2D eigenvalue weighted by Gasteiger charge is 2.20. The summed E-state index contributed by atoms with van der Waals surface area (Å²) in [6.07, 6.45) is 3.39. The van der Waals surface area contributed by atoms with E-state index < -0.39 is 0 Å². The molecular weight excluding hydrogens is 360 g/mol. The Bertz CT molecular complexity index is 853. The average molecular weight is 391 g/mol. The Balaban J connectivity index is 1.55. The van der Waals surface area contributed by atoms with Gasteiger partial charge in [-0.3, -0.25) is 0 Å². The smallest absolute Gasteiger partial charge is 0.127 e. The number of benzene rings is 3. The molecule has 0 saturated heterocycles. The minimum absolute atomic E-state index is 0.188. The maximum Gasteiger partial charge on any atom is 0.127 e. The van der Waals surface area contributed by atoms with E-state index in [4.69, 9.17) is 4.74 Å². The van der Waals surface area contributed by atoms with Crippen LogP contribution in [-0.2, 0) is 11.8 Å². The Morgan fingerprint density at radius 1 is 0.821 bits per heavy atom. The van der Waals surface area contributed by atoms with E-state index in [0.717, 1.165) is 36.5 Å². The van der Waals surface area contributed by atoms with Crippen molar-refractivity contribution in [3.63, 3.8) is 0 Å². The molecular formula is C26H30OS. The molecule has 3 aromatic carbocycles. The second-order valence-corrected chi connectivity index (χ2v) is 9.09. The molecule has 0 aliphatic carbocycles. The molecule has 1 nitrogen and oxygen atoms in total. The van der Waals surface area contributed by atoms with Crippen LogP contribution in [0.3, 0.4) is 0 Å². The van der Waals surface area contributed by atoms with Crippen LogP contribution >= 0.6 is 11.8 Å². The van der Waals surface area contributed by atoms with Gasteiger partial charge in [-0.2, -0.15) is 0 Å². The summed E-state index contributed by atoms with van der Waals surface area (Å²) in [5.74, 6) is 2.91. The Hall–Kier alpha value is -2.19. The summed E-state index contributed by atoms with van der Waals surface area (Å²) in [5, 5.41) is 0. The van der Waals surface area contributed by atoms with E-state index in [-0.39, 0.29) is 5.41 Å². The van der Waals surface area contributed by atoms with Crippen molar-refractivity contribution >= 4 is 11.8 Å². The predicted octanol–water partition coefficient (Wildman–Crippen LogP) is 7.89. The molecule has 0 atom stereocenters. The number of para-hydroxylation sites is 1. The largest absolute Gasteiger partial charge is 0.457 e. The van der Waals surface area contributed by atoms with Crippen molar-refractivity contribution in [3.05, 3.63) is 90.0 Å². The van der Waals surface area contributed by atoms with Crippen LogP contribution in [-0.4, -0.2) is 5.75 Å². The predicted molar refractivity (Wildman–Crippen MR) is 122 cm³/mol. The number of ether oxygens (including phenoxy) is 1. The topological polar surface area (TPSA) is 9.23 Å². The van der Waals surface area contributed by atoms with Gasteiger partial charge in [-0.15, -0.1) is 11.8 Å². The van der Waals surface area contributed by atoms with Gasteiger partial charge in [0, 0.05) is 4.90 Å². The van der Waals surface area contributed by atoms with Gasteiger partial charge in [-0.1, -0.05) is 63.2 Å². The molecule has 0 bridgehead atoms. The second-order valence-electron chi connectivity index (χ2n) is 7.76. The normalized spacial score (nSPS) is 11.4. The molecule has 0 N–H and O–H groups in total. The van der Waals surface area contributed by atoms with Gasteiger partial charge in [0.2, 0.25) is 0 Å². The van der Waals surface area contributed by atoms with E-state index in [9.17, 15) is 0 Å². The third kappa shape index (κ3) is 5.90. The van der Waals surface area contributed by atoms with Crippen LogP contribution in [0.1, 0.15) is 44.7 Å². The zero-order valence-corrected chi connectivity index (χ0v) is 18.0. The molecule has 3 aromatic rings. The SMILES string of the molecule is CCSc1ccc(C(C)(C)CCCc2cccc(Oc3ccccc3)c2)cc1. The van der Waals surface area contributed by atoms with Crippen LogP contribution in [0.25, 0.3) is 0 Å².